The van der Waals surface area contributed by atoms with Crippen LogP contribution in [-0.2, 0) is 6.18 Å². The second kappa shape index (κ2) is 8.21. The van der Waals surface area contributed by atoms with E-state index in [1.807, 2.05) is 31.7 Å². The summed E-state index contributed by atoms with van der Waals surface area (Å²) in [6.45, 7) is 9.05. The van der Waals surface area contributed by atoms with Gasteiger partial charge in [-0.1, -0.05) is 11.6 Å². The third kappa shape index (κ3) is 4.75. The van der Waals surface area contributed by atoms with E-state index in [1.165, 1.54) is 12.1 Å². The fourth-order valence-electron chi connectivity index (χ4n) is 2.78. The SMILES string of the molecule is CCN(CC)C(=N)c1cc(C)c(Oc2ccc(Cl)c(C(F)(F)F)c2)cc1C. The van der Waals surface area contributed by atoms with Crippen molar-refractivity contribution in [1.82, 2.24) is 4.90 Å². The van der Waals surface area contributed by atoms with Crippen molar-refractivity contribution in [1.29, 1.82) is 5.41 Å². The number of rotatable bonds is 5. The lowest BCUT2D eigenvalue weighted by Crippen LogP contribution is -2.31. The number of amidine groups is 1. The maximum absolute atomic E-state index is 13.0. The lowest BCUT2D eigenvalue weighted by Gasteiger charge is -2.23. The molecule has 0 spiro atoms. The molecule has 0 unspecified atom stereocenters. The Labute approximate surface area is 162 Å². The van der Waals surface area contributed by atoms with Gasteiger partial charge in [0.15, 0.2) is 0 Å². The molecule has 0 amide bonds. The standard InChI is InChI=1S/C20H22ClF3N2O/c1-5-26(6-2)19(25)15-9-13(4)18(10-12(15)3)27-14-7-8-17(21)16(11-14)20(22,23)24/h7-11,25H,5-6H2,1-4H3. The van der Waals surface area contributed by atoms with Gasteiger partial charge in [-0.25, -0.2) is 0 Å². The summed E-state index contributed by atoms with van der Waals surface area (Å²) in [5.74, 6) is 0.915. The van der Waals surface area contributed by atoms with Crippen molar-refractivity contribution in [3.8, 4) is 11.5 Å². The Hall–Kier alpha value is -2.21. The summed E-state index contributed by atoms with van der Waals surface area (Å²) in [5.41, 5.74) is 1.39. The Morgan fingerprint density at radius 1 is 1.07 bits per heavy atom. The highest BCUT2D eigenvalue weighted by Crippen LogP contribution is 2.38. The molecule has 7 heteroatoms. The highest BCUT2D eigenvalue weighted by atomic mass is 35.5. The molecule has 0 aliphatic rings. The highest BCUT2D eigenvalue weighted by Gasteiger charge is 2.33. The average molecular weight is 399 g/mol. The zero-order valence-corrected chi connectivity index (χ0v) is 16.4. The molecule has 0 bridgehead atoms. The summed E-state index contributed by atoms with van der Waals surface area (Å²) < 4.78 is 44.8. The third-order valence-corrected chi connectivity index (χ3v) is 4.66. The molecule has 146 valence electrons. The van der Waals surface area contributed by atoms with Crippen LogP contribution >= 0.6 is 11.6 Å². The van der Waals surface area contributed by atoms with Crippen LogP contribution in [0.3, 0.4) is 0 Å². The van der Waals surface area contributed by atoms with E-state index in [1.54, 1.807) is 13.0 Å². The van der Waals surface area contributed by atoms with Crippen LogP contribution < -0.4 is 4.74 Å². The number of benzene rings is 2. The Bertz CT molecular complexity index is 846. The summed E-state index contributed by atoms with van der Waals surface area (Å²) in [7, 11) is 0. The van der Waals surface area contributed by atoms with E-state index in [0.717, 1.165) is 35.8 Å². The van der Waals surface area contributed by atoms with Gasteiger partial charge in [0.25, 0.3) is 0 Å². The maximum atomic E-state index is 13.0. The monoisotopic (exact) mass is 398 g/mol. The van der Waals surface area contributed by atoms with E-state index < -0.39 is 11.7 Å². The summed E-state index contributed by atoms with van der Waals surface area (Å²) in [6.07, 6.45) is -4.55. The Morgan fingerprint density at radius 2 is 1.70 bits per heavy atom. The number of alkyl halides is 3. The Kier molecular flexibility index (Phi) is 6.42. The molecule has 0 atom stereocenters. The van der Waals surface area contributed by atoms with Crippen molar-refractivity contribution in [3.63, 3.8) is 0 Å². The zero-order chi connectivity index (χ0) is 20.4. The molecular formula is C20H22ClF3N2O. The zero-order valence-electron chi connectivity index (χ0n) is 15.7. The number of nitrogens with zero attached hydrogens (tertiary/aromatic N) is 1. The number of halogens is 4. The number of ether oxygens (including phenoxy) is 1. The molecule has 0 aliphatic heterocycles. The molecule has 0 saturated carbocycles. The Morgan fingerprint density at radius 3 is 2.26 bits per heavy atom. The summed E-state index contributed by atoms with van der Waals surface area (Å²) in [4.78, 5) is 1.93. The molecule has 2 aromatic rings. The van der Waals surface area contributed by atoms with Crippen molar-refractivity contribution < 1.29 is 17.9 Å². The second-order valence-corrected chi connectivity index (χ2v) is 6.60. The number of aryl methyl sites for hydroxylation is 2. The highest BCUT2D eigenvalue weighted by molar-refractivity contribution is 6.31. The van der Waals surface area contributed by atoms with Gasteiger partial charge in [-0.2, -0.15) is 13.2 Å². The van der Waals surface area contributed by atoms with Gasteiger partial charge in [0.2, 0.25) is 0 Å². The van der Waals surface area contributed by atoms with Crippen molar-refractivity contribution in [2.45, 2.75) is 33.9 Å². The molecule has 0 heterocycles. The first-order valence-corrected chi connectivity index (χ1v) is 8.96. The molecule has 0 saturated heterocycles. The number of nitrogens with one attached hydrogen (secondary N) is 1. The predicted octanol–water partition coefficient (Wildman–Crippen LogP) is 6.44. The first-order valence-electron chi connectivity index (χ1n) is 8.58. The molecule has 0 radical (unpaired) electrons. The Balaban J connectivity index is 2.36. The van der Waals surface area contributed by atoms with Crippen LogP contribution in [0.25, 0.3) is 0 Å². The minimum absolute atomic E-state index is 0.0563. The summed E-state index contributed by atoms with van der Waals surface area (Å²) >= 11 is 5.65. The van der Waals surface area contributed by atoms with Crippen LogP contribution in [0.2, 0.25) is 5.02 Å². The van der Waals surface area contributed by atoms with E-state index in [9.17, 15) is 13.2 Å². The molecule has 2 rings (SSSR count). The molecule has 1 N–H and O–H groups in total. The number of hydrogen-bond donors (Lipinski definition) is 1. The minimum atomic E-state index is -4.55. The van der Waals surface area contributed by atoms with Crippen molar-refractivity contribution in [3.05, 3.63) is 57.6 Å². The minimum Gasteiger partial charge on any atom is -0.457 e. The van der Waals surface area contributed by atoms with E-state index in [0.29, 0.717) is 11.6 Å². The van der Waals surface area contributed by atoms with Gasteiger partial charge in [0, 0.05) is 18.7 Å². The van der Waals surface area contributed by atoms with Gasteiger partial charge < -0.3 is 9.64 Å². The van der Waals surface area contributed by atoms with Gasteiger partial charge in [-0.05, 0) is 69.2 Å². The lowest BCUT2D eigenvalue weighted by molar-refractivity contribution is -0.137. The summed E-state index contributed by atoms with van der Waals surface area (Å²) in [5, 5.41) is 8.01. The molecule has 0 fully saturated rings. The van der Waals surface area contributed by atoms with Crippen LogP contribution in [-0.4, -0.2) is 23.8 Å². The van der Waals surface area contributed by atoms with Gasteiger partial charge in [-0.15, -0.1) is 0 Å². The molecule has 0 aliphatic carbocycles. The summed E-state index contributed by atoms with van der Waals surface area (Å²) in [6, 6.07) is 7.03. The topological polar surface area (TPSA) is 36.3 Å². The van der Waals surface area contributed by atoms with E-state index in [-0.39, 0.29) is 10.8 Å². The molecule has 2 aromatic carbocycles. The van der Waals surface area contributed by atoms with Crippen LogP contribution in [0.5, 0.6) is 11.5 Å². The van der Waals surface area contributed by atoms with Crippen LogP contribution in [0.4, 0.5) is 13.2 Å². The first kappa shape index (κ1) is 21.1. The fraction of sp³-hybridized carbons (Fsp3) is 0.350. The van der Waals surface area contributed by atoms with Crippen molar-refractivity contribution in [2.75, 3.05) is 13.1 Å². The largest absolute Gasteiger partial charge is 0.457 e. The second-order valence-electron chi connectivity index (χ2n) is 6.19. The van der Waals surface area contributed by atoms with Crippen LogP contribution in [0.1, 0.15) is 36.1 Å². The third-order valence-electron chi connectivity index (χ3n) is 4.33. The predicted molar refractivity (Wildman–Crippen MR) is 102 cm³/mol. The molecular weight excluding hydrogens is 377 g/mol. The quantitative estimate of drug-likeness (QED) is 0.465. The lowest BCUT2D eigenvalue weighted by atomic mass is 10.0. The van der Waals surface area contributed by atoms with Crippen LogP contribution in [0.15, 0.2) is 30.3 Å². The van der Waals surface area contributed by atoms with E-state index in [2.05, 4.69) is 0 Å². The molecule has 3 nitrogen and oxygen atoms in total. The van der Waals surface area contributed by atoms with Gasteiger partial charge in [-0.3, -0.25) is 5.41 Å². The van der Waals surface area contributed by atoms with E-state index >= 15 is 0 Å². The smallest absolute Gasteiger partial charge is 0.417 e. The van der Waals surface area contributed by atoms with Crippen molar-refractivity contribution >= 4 is 17.4 Å². The molecule has 0 aromatic heterocycles. The van der Waals surface area contributed by atoms with Crippen molar-refractivity contribution in [2.24, 2.45) is 0 Å². The maximum Gasteiger partial charge on any atom is 0.417 e. The number of hydrogen-bond acceptors (Lipinski definition) is 2. The van der Waals surface area contributed by atoms with Crippen LogP contribution in [0, 0.1) is 19.3 Å². The van der Waals surface area contributed by atoms with Gasteiger partial charge in [0.1, 0.15) is 17.3 Å². The molecule has 27 heavy (non-hydrogen) atoms. The average Bonchev–Trinajstić information content (AvgIpc) is 2.59. The first-order chi connectivity index (χ1) is 12.6. The van der Waals surface area contributed by atoms with Gasteiger partial charge in [0.05, 0.1) is 10.6 Å². The van der Waals surface area contributed by atoms with E-state index in [4.69, 9.17) is 21.7 Å². The van der Waals surface area contributed by atoms with Gasteiger partial charge >= 0.3 is 6.18 Å². The fourth-order valence-corrected chi connectivity index (χ4v) is 3.00. The normalized spacial score (nSPS) is 11.4.